The summed E-state index contributed by atoms with van der Waals surface area (Å²) in [5, 5.41) is 9.12. The number of carbonyl (C=O) groups is 2. The molecule has 0 radical (unpaired) electrons. The van der Waals surface area contributed by atoms with Gasteiger partial charge in [-0.15, -0.1) is 0 Å². The molecule has 0 saturated carbocycles. The number of amides is 1. The topological polar surface area (TPSA) is 79.7 Å². The minimum Gasteiger partial charge on any atom is -0.478 e. The van der Waals surface area contributed by atoms with Gasteiger partial charge in [0.1, 0.15) is 0 Å². The Kier molecular flexibility index (Phi) is 4.22. The van der Waals surface area contributed by atoms with Crippen molar-refractivity contribution < 1.29 is 19.4 Å². The van der Waals surface area contributed by atoms with E-state index in [1.165, 1.54) is 0 Å². The fourth-order valence-corrected chi connectivity index (χ4v) is 2.23. The maximum absolute atomic E-state index is 12.1. The lowest BCUT2D eigenvalue weighted by atomic mass is 10.2. The summed E-state index contributed by atoms with van der Waals surface area (Å²) in [6, 6.07) is 3.20. The third kappa shape index (κ3) is 3.07. The van der Waals surface area contributed by atoms with Crippen molar-refractivity contribution in [1.29, 1.82) is 0 Å². The predicted molar refractivity (Wildman–Crippen MR) is 71.8 cm³/mol. The van der Waals surface area contributed by atoms with Gasteiger partial charge in [-0.2, -0.15) is 0 Å². The SMILES string of the molecule is Cc1ccc(OC(C)C(=O)N2CCCC2)c(C(=O)O)n1. The molecule has 1 aliphatic rings. The lowest BCUT2D eigenvalue weighted by Gasteiger charge is -2.21. The largest absolute Gasteiger partial charge is 0.478 e. The molecule has 2 heterocycles. The number of ether oxygens (including phenoxy) is 1. The lowest BCUT2D eigenvalue weighted by molar-refractivity contribution is -0.136. The number of likely N-dealkylation sites (tertiary alicyclic amines) is 1. The Balaban J connectivity index is 2.12. The highest BCUT2D eigenvalue weighted by Gasteiger charge is 2.26. The number of aromatic nitrogens is 1. The molecular formula is C14H18N2O4. The highest BCUT2D eigenvalue weighted by Crippen LogP contribution is 2.20. The second kappa shape index (κ2) is 5.90. The molecule has 1 aromatic rings. The van der Waals surface area contributed by atoms with E-state index >= 15 is 0 Å². The first-order chi connectivity index (χ1) is 9.49. The Hall–Kier alpha value is -2.11. The van der Waals surface area contributed by atoms with Gasteiger partial charge in [-0.1, -0.05) is 0 Å². The van der Waals surface area contributed by atoms with Gasteiger partial charge in [-0.3, -0.25) is 4.79 Å². The normalized spacial score (nSPS) is 16.0. The zero-order valence-electron chi connectivity index (χ0n) is 11.6. The number of carboxylic acid groups (broad SMARTS) is 1. The summed E-state index contributed by atoms with van der Waals surface area (Å²) < 4.78 is 5.50. The van der Waals surface area contributed by atoms with E-state index < -0.39 is 12.1 Å². The molecule has 6 heteroatoms. The zero-order valence-corrected chi connectivity index (χ0v) is 11.6. The third-order valence-electron chi connectivity index (χ3n) is 3.27. The van der Waals surface area contributed by atoms with E-state index in [0.717, 1.165) is 25.9 Å². The van der Waals surface area contributed by atoms with Crippen LogP contribution < -0.4 is 4.74 Å². The van der Waals surface area contributed by atoms with E-state index in [0.29, 0.717) is 5.69 Å². The van der Waals surface area contributed by atoms with Crippen LogP contribution in [0.3, 0.4) is 0 Å². The number of pyridine rings is 1. The van der Waals surface area contributed by atoms with Crippen molar-refractivity contribution >= 4 is 11.9 Å². The van der Waals surface area contributed by atoms with Gasteiger partial charge in [0.05, 0.1) is 0 Å². The molecule has 1 saturated heterocycles. The molecule has 1 amide bonds. The quantitative estimate of drug-likeness (QED) is 0.902. The predicted octanol–water partition coefficient (Wildman–Crippen LogP) is 1.48. The van der Waals surface area contributed by atoms with Crippen molar-refractivity contribution in [2.45, 2.75) is 32.8 Å². The highest BCUT2D eigenvalue weighted by molar-refractivity contribution is 5.89. The smallest absolute Gasteiger partial charge is 0.358 e. The van der Waals surface area contributed by atoms with Crippen LogP contribution in [0.5, 0.6) is 5.75 Å². The van der Waals surface area contributed by atoms with Crippen LogP contribution in [0, 0.1) is 6.92 Å². The number of nitrogens with zero attached hydrogens (tertiary/aromatic N) is 2. The zero-order chi connectivity index (χ0) is 14.7. The average Bonchev–Trinajstić information content (AvgIpc) is 2.93. The van der Waals surface area contributed by atoms with Crippen LogP contribution in [0.4, 0.5) is 0 Å². The molecule has 1 unspecified atom stereocenters. The summed E-state index contributed by atoms with van der Waals surface area (Å²) in [5.74, 6) is -1.15. The average molecular weight is 278 g/mol. The van der Waals surface area contributed by atoms with Crippen LogP contribution in [0.25, 0.3) is 0 Å². The van der Waals surface area contributed by atoms with Crippen molar-refractivity contribution in [1.82, 2.24) is 9.88 Å². The lowest BCUT2D eigenvalue weighted by Crippen LogP contribution is -2.38. The Morgan fingerprint density at radius 2 is 2.00 bits per heavy atom. The first-order valence-electron chi connectivity index (χ1n) is 6.65. The van der Waals surface area contributed by atoms with Gasteiger partial charge in [-0.25, -0.2) is 9.78 Å². The Labute approximate surface area is 117 Å². The van der Waals surface area contributed by atoms with Crippen molar-refractivity contribution in [3.63, 3.8) is 0 Å². The van der Waals surface area contributed by atoms with Crippen LogP contribution in [0.1, 0.15) is 35.9 Å². The molecule has 1 N–H and O–H groups in total. The molecule has 1 fully saturated rings. The molecule has 0 bridgehead atoms. The van der Waals surface area contributed by atoms with Crippen molar-refractivity contribution in [2.24, 2.45) is 0 Å². The maximum atomic E-state index is 12.1. The van der Waals surface area contributed by atoms with E-state index in [4.69, 9.17) is 9.84 Å². The molecule has 1 aromatic heterocycles. The van der Waals surface area contributed by atoms with Crippen molar-refractivity contribution in [3.05, 3.63) is 23.5 Å². The van der Waals surface area contributed by atoms with Gasteiger partial charge >= 0.3 is 5.97 Å². The molecule has 2 rings (SSSR count). The summed E-state index contributed by atoms with van der Waals surface area (Å²) in [4.78, 5) is 29.0. The summed E-state index contributed by atoms with van der Waals surface area (Å²) in [6.07, 6.45) is 1.30. The van der Waals surface area contributed by atoms with E-state index in [9.17, 15) is 9.59 Å². The first kappa shape index (κ1) is 14.3. The van der Waals surface area contributed by atoms with Crippen LogP contribution in [0.2, 0.25) is 0 Å². The Bertz CT molecular complexity index is 524. The number of hydrogen-bond acceptors (Lipinski definition) is 4. The molecule has 0 spiro atoms. The molecule has 108 valence electrons. The Morgan fingerprint density at radius 1 is 1.35 bits per heavy atom. The summed E-state index contributed by atoms with van der Waals surface area (Å²) in [6.45, 7) is 4.82. The number of carbonyl (C=O) groups excluding carboxylic acids is 1. The highest BCUT2D eigenvalue weighted by atomic mass is 16.5. The second-order valence-corrected chi connectivity index (χ2v) is 4.90. The maximum Gasteiger partial charge on any atom is 0.358 e. The van der Waals surface area contributed by atoms with Crippen LogP contribution >= 0.6 is 0 Å². The van der Waals surface area contributed by atoms with E-state index in [-0.39, 0.29) is 17.4 Å². The van der Waals surface area contributed by atoms with Gasteiger partial charge in [0.15, 0.2) is 17.5 Å². The molecular weight excluding hydrogens is 260 g/mol. The fraction of sp³-hybridized carbons (Fsp3) is 0.500. The number of aryl methyl sites for hydroxylation is 1. The number of hydrogen-bond donors (Lipinski definition) is 1. The minimum absolute atomic E-state index is 0.112. The third-order valence-corrected chi connectivity index (χ3v) is 3.27. The monoisotopic (exact) mass is 278 g/mol. The number of carboxylic acids is 1. The standard InChI is InChI=1S/C14H18N2O4/c1-9-5-6-11(12(15-9)14(18)19)20-10(2)13(17)16-7-3-4-8-16/h5-6,10H,3-4,7-8H2,1-2H3,(H,18,19). The first-order valence-corrected chi connectivity index (χ1v) is 6.65. The van der Waals surface area contributed by atoms with Crippen molar-refractivity contribution in [3.8, 4) is 5.75 Å². The second-order valence-electron chi connectivity index (χ2n) is 4.90. The van der Waals surface area contributed by atoms with Gasteiger partial charge < -0.3 is 14.7 Å². The summed E-state index contributed by atoms with van der Waals surface area (Å²) in [7, 11) is 0. The Morgan fingerprint density at radius 3 is 2.60 bits per heavy atom. The fourth-order valence-electron chi connectivity index (χ4n) is 2.23. The van der Waals surface area contributed by atoms with E-state index in [1.807, 2.05) is 0 Å². The molecule has 0 aromatic carbocycles. The molecule has 1 atom stereocenters. The minimum atomic E-state index is -1.16. The summed E-state index contributed by atoms with van der Waals surface area (Å²) >= 11 is 0. The van der Waals surface area contributed by atoms with E-state index in [1.54, 1.807) is 30.9 Å². The number of rotatable bonds is 4. The summed E-state index contributed by atoms with van der Waals surface area (Å²) in [5.41, 5.74) is 0.430. The van der Waals surface area contributed by atoms with Gasteiger partial charge in [-0.05, 0) is 38.8 Å². The van der Waals surface area contributed by atoms with Crippen LogP contribution in [0.15, 0.2) is 12.1 Å². The van der Waals surface area contributed by atoms with Gasteiger partial charge in [0, 0.05) is 18.8 Å². The van der Waals surface area contributed by atoms with Crippen molar-refractivity contribution in [2.75, 3.05) is 13.1 Å². The number of aromatic carboxylic acids is 1. The molecule has 20 heavy (non-hydrogen) atoms. The van der Waals surface area contributed by atoms with Gasteiger partial charge in [0.2, 0.25) is 0 Å². The van der Waals surface area contributed by atoms with Gasteiger partial charge in [0.25, 0.3) is 5.91 Å². The molecule has 0 aliphatic carbocycles. The van der Waals surface area contributed by atoms with Crippen LogP contribution in [-0.2, 0) is 4.79 Å². The van der Waals surface area contributed by atoms with E-state index in [2.05, 4.69) is 4.98 Å². The molecule has 6 nitrogen and oxygen atoms in total. The van der Waals surface area contributed by atoms with Crippen LogP contribution in [-0.4, -0.2) is 46.1 Å². The molecule has 1 aliphatic heterocycles.